The molecule has 0 saturated carbocycles. The van der Waals surface area contributed by atoms with Gasteiger partial charge in [0.25, 0.3) is 5.91 Å². The lowest BCUT2D eigenvalue weighted by Gasteiger charge is -2.02. The van der Waals surface area contributed by atoms with Crippen LogP contribution in [0.25, 0.3) is 15.9 Å². The summed E-state index contributed by atoms with van der Waals surface area (Å²) in [6.07, 6.45) is 1.84. The van der Waals surface area contributed by atoms with Crippen LogP contribution >= 0.6 is 11.3 Å². The molecule has 3 aromatic heterocycles. The summed E-state index contributed by atoms with van der Waals surface area (Å²) in [6, 6.07) is 13.5. The Morgan fingerprint density at radius 1 is 1.14 bits per heavy atom. The fourth-order valence-corrected chi connectivity index (χ4v) is 3.33. The molecule has 4 aromatic rings. The van der Waals surface area contributed by atoms with Gasteiger partial charge in [0.2, 0.25) is 0 Å². The summed E-state index contributed by atoms with van der Waals surface area (Å²) in [5, 5.41) is 3.47. The number of amides is 1. The second-order valence-corrected chi connectivity index (χ2v) is 5.95. The number of carbonyl (C=O) groups excluding carboxylic acids is 1. The first-order valence-electron chi connectivity index (χ1n) is 6.83. The van der Waals surface area contributed by atoms with E-state index < -0.39 is 0 Å². The molecule has 5 nitrogen and oxygen atoms in total. The van der Waals surface area contributed by atoms with Crippen LogP contribution in [0.15, 0.2) is 48.7 Å². The number of para-hydroxylation sites is 1. The highest BCUT2D eigenvalue weighted by Gasteiger charge is 2.17. The van der Waals surface area contributed by atoms with E-state index in [1.54, 1.807) is 4.40 Å². The maximum atomic E-state index is 12.6. The number of pyridine rings is 1. The molecule has 0 fully saturated rings. The number of carbonyl (C=O) groups is 1. The number of nitrogens with zero attached hydrogens (tertiary/aromatic N) is 3. The average molecular weight is 308 g/mol. The number of fused-ring (bicyclic) bond motifs is 2. The van der Waals surface area contributed by atoms with Gasteiger partial charge in [-0.05, 0) is 31.2 Å². The molecule has 4 rings (SSSR count). The van der Waals surface area contributed by atoms with Crippen molar-refractivity contribution in [2.75, 3.05) is 5.32 Å². The number of thiazole rings is 1. The fourth-order valence-electron chi connectivity index (χ4n) is 2.47. The van der Waals surface area contributed by atoms with E-state index >= 15 is 0 Å². The summed E-state index contributed by atoms with van der Waals surface area (Å²) in [5.41, 5.74) is 2.88. The normalized spacial score (nSPS) is 11.1. The molecule has 0 radical (unpaired) electrons. The minimum atomic E-state index is -0.199. The van der Waals surface area contributed by atoms with E-state index in [0.29, 0.717) is 16.5 Å². The standard InChI is InChI=1S/C16H12N4OS/c1-10-14(20-9-5-4-8-13(20)17-10)15(21)19-16-18-11-6-2-3-7-12(11)22-16/h2-9H,1H3,(H,18,19,21). The van der Waals surface area contributed by atoms with E-state index in [1.807, 2.05) is 55.6 Å². The molecule has 1 N–H and O–H groups in total. The zero-order valence-corrected chi connectivity index (χ0v) is 12.6. The first-order chi connectivity index (χ1) is 10.7. The molecule has 1 aromatic carbocycles. The third kappa shape index (κ3) is 2.05. The van der Waals surface area contributed by atoms with E-state index in [9.17, 15) is 4.79 Å². The van der Waals surface area contributed by atoms with E-state index in [-0.39, 0.29) is 5.91 Å². The SMILES string of the molecule is Cc1nc2ccccn2c1C(=O)Nc1nc2ccccc2s1. The monoisotopic (exact) mass is 308 g/mol. The van der Waals surface area contributed by atoms with Gasteiger partial charge in [-0.25, -0.2) is 9.97 Å². The Morgan fingerprint density at radius 2 is 1.95 bits per heavy atom. The van der Waals surface area contributed by atoms with Gasteiger partial charge in [-0.2, -0.15) is 0 Å². The minimum absolute atomic E-state index is 0.199. The highest BCUT2D eigenvalue weighted by molar-refractivity contribution is 7.22. The molecule has 0 saturated heterocycles. The van der Waals surface area contributed by atoms with Crippen LogP contribution < -0.4 is 5.32 Å². The zero-order valence-electron chi connectivity index (χ0n) is 11.8. The van der Waals surface area contributed by atoms with Crippen LogP contribution in [-0.4, -0.2) is 20.3 Å². The van der Waals surface area contributed by atoms with Gasteiger partial charge in [0.15, 0.2) is 5.13 Å². The number of hydrogen-bond acceptors (Lipinski definition) is 4. The van der Waals surface area contributed by atoms with Gasteiger partial charge in [0.05, 0.1) is 15.9 Å². The summed E-state index contributed by atoms with van der Waals surface area (Å²) >= 11 is 1.46. The number of aryl methyl sites for hydroxylation is 1. The van der Waals surface area contributed by atoms with Gasteiger partial charge in [-0.15, -0.1) is 0 Å². The van der Waals surface area contributed by atoms with E-state index in [0.717, 1.165) is 15.9 Å². The van der Waals surface area contributed by atoms with Crippen molar-refractivity contribution >= 4 is 38.2 Å². The van der Waals surface area contributed by atoms with Gasteiger partial charge in [0.1, 0.15) is 11.3 Å². The van der Waals surface area contributed by atoms with Crippen molar-refractivity contribution in [2.45, 2.75) is 6.92 Å². The van der Waals surface area contributed by atoms with Crippen molar-refractivity contribution in [3.05, 3.63) is 60.0 Å². The Balaban J connectivity index is 1.73. The Kier molecular flexibility index (Phi) is 2.90. The van der Waals surface area contributed by atoms with Crippen LogP contribution in [-0.2, 0) is 0 Å². The van der Waals surface area contributed by atoms with Gasteiger partial charge in [0, 0.05) is 6.20 Å². The quantitative estimate of drug-likeness (QED) is 0.616. The number of nitrogens with one attached hydrogen (secondary N) is 1. The Labute approximate surface area is 130 Å². The topological polar surface area (TPSA) is 59.3 Å². The summed E-state index contributed by atoms with van der Waals surface area (Å²) < 4.78 is 2.84. The van der Waals surface area contributed by atoms with E-state index in [4.69, 9.17) is 0 Å². The van der Waals surface area contributed by atoms with Gasteiger partial charge >= 0.3 is 0 Å². The van der Waals surface area contributed by atoms with Crippen LogP contribution in [0.4, 0.5) is 5.13 Å². The number of benzene rings is 1. The molecule has 6 heteroatoms. The van der Waals surface area contributed by atoms with E-state index in [2.05, 4.69) is 15.3 Å². The second-order valence-electron chi connectivity index (χ2n) is 4.92. The summed E-state index contributed by atoms with van der Waals surface area (Å²) in [4.78, 5) is 21.4. The third-order valence-corrected chi connectivity index (χ3v) is 4.39. The molecule has 0 bridgehead atoms. The van der Waals surface area contributed by atoms with Crippen LogP contribution in [0.2, 0.25) is 0 Å². The number of imidazole rings is 1. The predicted molar refractivity (Wildman–Crippen MR) is 87.5 cm³/mol. The van der Waals surface area contributed by atoms with Crippen molar-refractivity contribution in [1.29, 1.82) is 0 Å². The smallest absolute Gasteiger partial charge is 0.276 e. The first kappa shape index (κ1) is 13.0. The average Bonchev–Trinajstić information content (AvgIpc) is 3.05. The van der Waals surface area contributed by atoms with Crippen molar-refractivity contribution < 1.29 is 4.79 Å². The lowest BCUT2D eigenvalue weighted by Crippen LogP contribution is -2.15. The second kappa shape index (κ2) is 4.92. The van der Waals surface area contributed by atoms with Crippen molar-refractivity contribution in [3.8, 4) is 0 Å². The van der Waals surface area contributed by atoms with Crippen molar-refractivity contribution in [2.24, 2.45) is 0 Å². The molecule has 0 aliphatic rings. The van der Waals surface area contributed by atoms with Gasteiger partial charge in [-0.1, -0.05) is 29.5 Å². The largest absolute Gasteiger partial charge is 0.296 e. The molecular weight excluding hydrogens is 296 g/mol. The molecule has 0 atom stereocenters. The predicted octanol–water partition coefficient (Wildman–Crippen LogP) is 3.50. The summed E-state index contributed by atoms with van der Waals surface area (Å²) in [5.74, 6) is -0.199. The fraction of sp³-hybridized carbons (Fsp3) is 0.0625. The van der Waals surface area contributed by atoms with Crippen molar-refractivity contribution in [1.82, 2.24) is 14.4 Å². The molecule has 3 heterocycles. The zero-order chi connectivity index (χ0) is 15.1. The number of hydrogen-bond donors (Lipinski definition) is 1. The lowest BCUT2D eigenvalue weighted by atomic mass is 10.3. The molecule has 0 aliphatic carbocycles. The lowest BCUT2D eigenvalue weighted by molar-refractivity contribution is 0.102. The molecule has 0 spiro atoms. The van der Waals surface area contributed by atoms with Crippen LogP contribution in [0, 0.1) is 6.92 Å². The molecule has 1 amide bonds. The Bertz CT molecular complexity index is 969. The van der Waals surface area contributed by atoms with E-state index in [1.165, 1.54) is 11.3 Å². The maximum absolute atomic E-state index is 12.6. The van der Waals surface area contributed by atoms with Crippen molar-refractivity contribution in [3.63, 3.8) is 0 Å². The molecule has 0 aliphatic heterocycles. The maximum Gasteiger partial charge on any atom is 0.276 e. The summed E-state index contributed by atoms with van der Waals surface area (Å²) in [7, 11) is 0. The Morgan fingerprint density at radius 3 is 2.82 bits per heavy atom. The van der Waals surface area contributed by atoms with Gasteiger partial charge in [-0.3, -0.25) is 14.5 Å². The van der Waals surface area contributed by atoms with Crippen LogP contribution in [0.5, 0.6) is 0 Å². The molecule has 22 heavy (non-hydrogen) atoms. The number of anilines is 1. The van der Waals surface area contributed by atoms with Gasteiger partial charge < -0.3 is 0 Å². The van der Waals surface area contributed by atoms with Crippen LogP contribution in [0.3, 0.4) is 0 Å². The highest BCUT2D eigenvalue weighted by Crippen LogP contribution is 2.26. The molecular formula is C16H12N4OS. The first-order valence-corrected chi connectivity index (χ1v) is 7.64. The van der Waals surface area contributed by atoms with Crippen LogP contribution in [0.1, 0.15) is 16.2 Å². The minimum Gasteiger partial charge on any atom is -0.296 e. The Hall–Kier alpha value is -2.73. The molecule has 0 unspecified atom stereocenters. The molecule has 108 valence electrons. The number of aromatic nitrogens is 3. The summed E-state index contributed by atoms with van der Waals surface area (Å²) in [6.45, 7) is 1.83. The number of rotatable bonds is 2. The highest BCUT2D eigenvalue weighted by atomic mass is 32.1. The third-order valence-electron chi connectivity index (χ3n) is 3.43.